The first kappa shape index (κ1) is 22.6. The highest BCUT2D eigenvalue weighted by Crippen LogP contribution is 2.43. The zero-order chi connectivity index (χ0) is 19.5. The van der Waals surface area contributed by atoms with Crippen LogP contribution >= 0.6 is 24.0 Å². The summed E-state index contributed by atoms with van der Waals surface area (Å²) in [5, 5.41) is 6.66. The third-order valence-electron chi connectivity index (χ3n) is 5.28. The van der Waals surface area contributed by atoms with E-state index in [0.717, 1.165) is 25.1 Å². The molecule has 28 heavy (non-hydrogen) atoms. The Kier molecular flexibility index (Phi) is 7.47. The van der Waals surface area contributed by atoms with Gasteiger partial charge in [-0.25, -0.2) is 9.37 Å². The Hall–Kier alpha value is -1.64. The minimum absolute atomic E-state index is 0. The molecule has 0 amide bonds. The summed E-state index contributed by atoms with van der Waals surface area (Å²) in [7, 11) is 1.75. The van der Waals surface area contributed by atoms with Gasteiger partial charge in [0.05, 0.1) is 12.7 Å². The summed E-state index contributed by atoms with van der Waals surface area (Å²) in [6.45, 7) is 7.52. The lowest BCUT2D eigenvalue weighted by atomic mass is 9.64. The fraction of sp³-hybridized carbons (Fsp3) is 0.524. The van der Waals surface area contributed by atoms with Gasteiger partial charge in [-0.05, 0) is 30.5 Å². The van der Waals surface area contributed by atoms with E-state index < -0.39 is 0 Å². The van der Waals surface area contributed by atoms with Crippen LogP contribution in [-0.4, -0.2) is 24.5 Å². The topological polar surface area (TPSA) is 62.5 Å². The van der Waals surface area contributed by atoms with E-state index in [1.54, 1.807) is 13.2 Å². The monoisotopic (exact) mass is 500 g/mol. The Balaban J connectivity index is 0.00000280. The van der Waals surface area contributed by atoms with Gasteiger partial charge in [0.1, 0.15) is 11.6 Å². The molecular formula is C21H30FIN4O. The second-order valence-electron chi connectivity index (χ2n) is 8.29. The summed E-state index contributed by atoms with van der Waals surface area (Å²) in [5.74, 6) is 2.02. The summed E-state index contributed by atoms with van der Waals surface area (Å²) in [5.41, 5.74) is 1.17. The maximum atomic E-state index is 13.2. The van der Waals surface area contributed by atoms with Gasteiger partial charge in [0.2, 0.25) is 5.89 Å². The van der Waals surface area contributed by atoms with Crippen LogP contribution < -0.4 is 10.6 Å². The van der Waals surface area contributed by atoms with Crippen molar-refractivity contribution in [2.24, 2.45) is 4.99 Å². The lowest BCUT2D eigenvalue weighted by Crippen LogP contribution is -2.48. The van der Waals surface area contributed by atoms with Crippen LogP contribution in [0.1, 0.15) is 57.2 Å². The Morgan fingerprint density at radius 1 is 1.21 bits per heavy atom. The molecule has 1 saturated carbocycles. The smallest absolute Gasteiger partial charge is 0.213 e. The van der Waals surface area contributed by atoms with E-state index in [0.29, 0.717) is 18.4 Å². The number of halogens is 2. The molecule has 0 radical (unpaired) electrons. The number of rotatable bonds is 5. The van der Waals surface area contributed by atoms with Crippen LogP contribution in [0.4, 0.5) is 4.39 Å². The molecule has 0 atom stereocenters. The van der Waals surface area contributed by atoms with Crippen molar-refractivity contribution in [3.05, 3.63) is 53.5 Å². The second-order valence-corrected chi connectivity index (χ2v) is 8.29. The number of benzene rings is 1. The zero-order valence-electron chi connectivity index (χ0n) is 17.0. The number of guanidine groups is 1. The minimum Gasteiger partial charge on any atom is -0.443 e. The largest absolute Gasteiger partial charge is 0.443 e. The molecule has 0 saturated heterocycles. The van der Waals surface area contributed by atoms with Gasteiger partial charge in [-0.1, -0.05) is 39.3 Å². The van der Waals surface area contributed by atoms with Gasteiger partial charge >= 0.3 is 0 Å². The molecule has 1 aliphatic carbocycles. The molecule has 0 aliphatic heterocycles. The zero-order valence-corrected chi connectivity index (χ0v) is 19.3. The van der Waals surface area contributed by atoms with Gasteiger partial charge in [-0.15, -0.1) is 24.0 Å². The van der Waals surface area contributed by atoms with Gasteiger partial charge in [0, 0.05) is 24.4 Å². The fourth-order valence-electron chi connectivity index (χ4n) is 3.35. The van der Waals surface area contributed by atoms with Gasteiger partial charge in [0.15, 0.2) is 5.96 Å². The van der Waals surface area contributed by atoms with Crippen molar-refractivity contribution in [2.45, 2.75) is 57.4 Å². The Morgan fingerprint density at radius 3 is 2.39 bits per heavy atom. The van der Waals surface area contributed by atoms with Crippen LogP contribution in [0.5, 0.6) is 0 Å². The third kappa shape index (κ3) is 5.24. The van der Waals surface area contributed by atoms with E-state index >= 15 is 0 Å². The molecule has 2 N–H and O–H groups in total. The van der Waals surface area contributed by atoms with Crippen molar-refractivity contribution < 1.29 is 8.81 Å². The van der Waals surface area contributed by atoms with Crippen molar-refractivity contribution in [2.75, 3.05) is 13.6 Å². The van der Waals surface area contributed by atoms with E-state index in [1.165, 1.54) is 24.1 Å². The Labute approximate surface area is 183 Å². The van der Waals surface area contributed by atoms with E-state index in [2.05, 4.69) is 41.4 Å². The summed E-state index contributed by atoms with van der Waals surface area (Å²) < 4.78 is 19.1. The number of nitrogens with one attached hydrogen (secondary N) is 2. The van der Waals surface area contributed by atoms with Crippen molar-refractivity contribution in [3.8, 4) is 0 Å². The van der Waals surface area contributed by atoms with E-state index in [4.69, 9.17) is 4.42 Å². The predicted octanol–water partition coefficient (Wildman–Crippen LogP) is 4.52. The molecule has 1 aromatic heterocycles. The van der Waals surface area contributed by atoms with E-state index in [-0.39, 0.29) is 40.6 Å². The molecule has 1 aromatic carbocycles. The standard InChI is InChI=1S/C21H29FN4O.HI/c1-20(2,3)17-12-24-18(27-17)13-25-19(23-4)26-14-21(10-5-11-21)15-6-8-16(22)9-7-15;/h6-9,12H,5,10-11,13-14H2,1-4H3,(H2,23,25,26);1H. The average Bonchev–Trinajstić information content (AvgIpc) is 3.07. The van der Waals surface area contributed by atoms with E-state index in [1.807, 2.05) is 12.1 Å². The normalized spacial score (nSPS) is 16.1. The second kappa shape index (κ2) is 9.24. The lowest BCUT2D eigenvalue weighted by molar-refractivity contribution is 0.243. The number of hydrogen-bond acceptors (Lipinski definition) is 3. The maximum Gasteiger partial charge on any atom is 0.213 e. The van der Waals surface area contributed by atoms with Crippen LogP contribution in [0, 0.1) is 5.82 Å². The lowest BCUT2D eigenvalue weighted by Gasteiger charge is -2.43. The van der Waals surface area contributed by atoms with Crippen LogP contribution in [0.2, 0.25) is 0 Å². The molecule has 0 bridgehead atoms. The molecule has 1 heterocycles. The Bertz CT molecular complexity index is 791. The molecule has 5 nitrogen and oxygen atoms in total. The predicted molar refractivity (Wildman–Crippen MR) is 121 cm³/mol. The van der Waals surface area contributed by atoms with Crippen molar-refractivity contribution >= 4 is 29.9 Å². The molecule has 7 heteroatoms. The minimum atomic E-state index is -0.195. The number of nitrogens with zero attached hydrogens (tertiary/aromatic N) is 2. The van der Waals surface area contributed by atoms with Crippen molar-refractivity contribution in [3.63, 3.8) is 0 Å². The fourth-order valence-corrected chi connectivity index (χ4v) is 3.35. The first-order valence-electron chi connectivity index (χ1n) is 9.48. The first-order chi connectivity index (χ1) is 12.8. The van der Waals surface area contributed by atoms with Gasteiger partial charge in [0.25, 0.3) is 0 Å². The molecule has 154 valence electrons. The van der Waals surface area contributed by atoms with Crippen LogP contribution in [0.3, 0.4) is 0 Å². The summed E-state index contributed by atoms with van der Waals surface area (Å²) >= 11 is 0. The maximum absolute atomic E-state index is 13.2. The Morgan fingerprint density at radius 2 is 1.89 bits per heavy atom. The molecule has 3 rings (SSSR count). The SMILES string of the molecule is CN=C(NCc1ncc(C(C)(C)C)o1)NCC1(c2ccc(F)cc2)CCC1.I. The summed E-state index contributed by atoms with van der Waals surface area (Å²) in [4.78, 5) is 8.63. The number of aromatic nitrogens is 1. The van der Waals surface area contributed by atoms with Gasteiger partial charge in [-0.3, -0.25) is 4.99 Å². The third-order valence-corrected chi connectivity index (χ3v) is 5.28. The van der Waals surface area contributed by atoms with Crippen LogP contribution in [0.15, 0.2) is 39.9 Å². The molecule has 0 unspecified atom stereocenters. The van der Waals surface area contributed by atoms with Crippen molar-refractivity contribution in [1.82, 2.24) is 15.6 Å². The highest BCUT2D eigenvalue weighted by Gasteiger charge is 2.38. The van der Waals surface area contributed by atoms with Crippen LogP contribution in [-0.2, 0) is 17.4 Å². The van der Waals surface area contributed by atoms with Crippen molar-refractivity contribution in [1.29, 1.82) is 0 Å². The van der Waals surface area contributed by atoms with Gasteiger partial charge < -0.3 is 15.1 Å². The molecular weight excluding hydrogens is 470 g/mol. The average molecular weight is 500 g/mol. The molecule has 2 aromatic rings. The molecule has 1 aliphatic rings. The highest BCUT2D eigenvalue weighted by molar-refractivity contribution is 14.0. The number of oxazole rings is 1. The first-order valence-corrected chi connectivity index (χ1v) is 9.48. The quantitative estimate of drug-likeness (QED) is 0.360. The number of hydrogen-bond donors (Lipinski definition) is 2. The number of aliphatic imine (C=N–C) groups is 1. The molecule has 1 fully saturated rings. The molecule has 0 spiro atoms. The summed E-state index contributed by atoms with van der Waals surface area (Å²) in [6.07, 6.45) is 5.16. The summed E-state index contributed by atoms with van der Waals surface area (Å²) in [6, 6.07) is 6.87. The van der Waals surface area contributed by atoms with E-state index in [9.17, 15) is 4.39 Å². The highest BCUT2D eigenvalue weighted by atomic mass is 127. The van der Waals surface area contributed by atoms with Gasteiger partial charge in [-0.2, -0.15) is 0 Å². The van der Waals surface area contributed by atoms with Crippen LogP contribution in [0.25, 0.3) is 0 Å².